The summed E-state index contributed by atoms with van der Waals surface area (Å²) in [7, 11) is 0. The van der Waals surface area contributed by atoms with Gasteiger partial charge >= 0.3 is 5.97 Å². The van der Waals surface area contributed by atoms with Crippen LogP contribution in [0.3, 0.4) is 0 Å². The predicted molar refractivity (Wildman–Crippen MR) is 58.3 cm³/mol. The maximum absolute atomic E-state index is 11.6. The molecule has 5 nitrogen and oxygen atoms in total. The van der Waals surface area contributed by atoms with Gasteiger partial charge in [-0.2, -0.15) is 0 Å². The van der Waals surface area contributed by atoms with Crippen LogP contribution in [0.5, 0.6) is 0 Å². The van der Waals surface area contributed by atoms with Gasteiger partial charge in [0.1, 0.15) is 0 Å². The van der Waals surface area contributed by atoms with Crippen LogP contribution in [0.1, 0.15) is 16.8 Å². The fraction of sp³-hybridized carbons (Fsp3) is 0.273. The highest BCUT2D eigenvalue weighted by atomic mass is 16.4. The van der Waals surface area contributed by atoms with Crippen LogP contribution in [0.2, 0.25) is 0 Å². The number of nitrogens with zero attached hydrogens (tertiary/aromatic N) is 1. The fourth-order valence-corrected chi connectivity index (χ4v) is 1.79. The molecule has 0 aromatic heterocycles. The molecule has 1 aliphatic heterocycles. The van der Waals surface area contributed by atoms with Crippen LogP contribution in [-0.2, 0) is 4.79 Å². The summed E-state index contributed by atoms with van der Waals surface area (Å²) in [6.45, 7) is 0.446. The van der Waals surface area contributed by atoms with Crippen molar-refractivity contribution in [3.63, 3.8) is 0 Å². The van der Waals surface area contributed by atoms with Gasteiger partial charge in [0.2, 0.25) is 5.91 Å². The second kappa shape index (κ2) is 3.94. The number of hydrogen-bond donors (Lipinski definition) is 2. The van der Waals surface area contributed by atoms with Gasteiger partial charge in [-0.15, -0.1) is 0 Å². The molecular weight excluding hydrogens is 208 g/mol. The van der Waals surface area contributed by atoms with E-state index in [0.717, 1.165) is 0 Å². The molecule has 16 heavy (non-hydrogen) atoms. The van der Waals surface area contributed by atoms with Crippen LogP contribution in [0.15, 0.2) is 24.3 Å². The molecule has 1 saturated heterocycles. The van der Waals surface area contributed by atoms with E-state index >= 15 is 0 Å². The number of nitrogens with two attached hydrogens (primary N) is 1. The number of carbonyl (C=O) groups is 2. The zero-order valence-electron chi connectivity index (χ0n) is 8.59. The summed E-state index contributed by atoms with van der Waals surface area (Å²) in [4.78, 5) is 23.9. The summed E-state index contributed by atoms with van der Waals surface area (Å²) in [5.41, 5.74) is 6.44. The highest BCUT2D eigenvalue weighted by Gasteiger charge is 2.28. The Hall–Kier alpha value is -1.88. The molecule has 1 atom stereocenters. The third-order valence-electron chi connectivity index (χ3n) is 2.56. The Bertz CT molecular complexity index is 445. The number of hydrogen-bond acceptors (Lipinski definition) is 3. The van der Waals surface area contributed by atoms with Crippen LogP contribution in [0.4, 0.5) is 5.69 Å². The van der Waals surface area contributed by atoms with Gasteiger partial charge in [0.05, 0.1) is 5.56 Å². The lowest BCUT2D eigenvalue weighted by atomic mass is 10.2. The van der Waals surface area contributed by atoms with E-state index in [2.05, 4.69) is 0 Å². The monoisotopic (exact) mass is 220 g/mol. The third kappa shape index (κ3) is 1.90. The van der Waals surface area contributed by atoms with Gasteiger partial charge in [-0.3, -0.25) is 4.79 Å². The average molecular weight is 220 g/mol. The molecule has 0 aliphatic carbocycles. The van der Waals surface area contributed by atoms with E-state index in [-0.39, 0.29) is 17.5 Å². The Balaban J connectivity index is 2.30. The summed E-state index contributed by atoms with van der Waals surface area (Å²) < 4.78 is 0. The first-order valence-electron chi connectivity index (χ1n) is 4.97. The van der Waals surface area contributed by atoms with Gasteiger partial charge in [0.25, 0.3) is 0 Å². The predicted octanol–water partition coefficient (Wildman–Crippen LogP) is 0.449. The maximum Gasteiger partial charge on any atom is 0.335 e. The van der Waals surface area contributed by atoms with Crippen molar-refractivity contribution in [2.45, 2.75) is 12.5 Å². The second-order valence-corrected chi connectivity index (χ2v) is 3.82. The Morgan fingerprint density at radius 1 is 1.50 bits per heavy atom. The number of carboxylic acids is 1. The Labute approximate surface area is 92.5 Å². The Morgan fingerprint density at radius 3 is 2.81 bits per heavy atom. The van der Waals surface area contributed by atoms with Crippen molar-refractivity contribution >= 4 is 17.6 Å². The molecule has 1 aromatic carbocycles. The minimum atomic E-state index is -1.00. The SMILES string of the molecule is NC1CC(=O)N(c2cccc(C(=O)O)c2)C1. The zero-order chi connectivity index (χ0) is 11.7. The molecule has 3 N–H and O–H groups in total. The van der Waals surface area contributed by atoms with E-state index < -0.39 is 5.97 Å². The molecule has 1 aromatic rings. The van der Waals surface area contributed by atoms with Crippen LogP contribution < -0.4 is 10.6 Å². The maximum atomic E-state index is 11.6. The summed E-state index contributed by atoms with van der Waals surface area (Å²) in [6, 6.07) is 6.14. The molecule has 1 unspecified atom stereocenters. The smallest absolute Gasteiger partial charge is 0.335 e. The van der Waals surface area contributed by atoms with E-state index in [4.69, 9.17) is 10.8 Å². The number of aromatic carboxylic acids is 1. The highest BCUT2D eigenvalue weighted by Crippen LogP contribution is 2.21. The Kier molecular flexibility index (Phi) is 2.62. The molecule has 0 saturated carbocycles. The molecule has 1 heterocycles. The topological polar surface area (TPSA) is 83.6 Å². The zero-order valence-corrected chi connectivity index (χ0v) is 8.59. The summed E-state index contributed by atoms with van der Waals surface area (Å²) in [5, 5.41) is 8.84. The van der Waals surface area contributed by atoms with Crippen molar-refractivity contribution in [1.29, 1.82) is 0 Å². The van der Waals surface area contributed by atoms with Gasteiger partial charge in [-0.25, -0.2) is 4.79 Å². The molecule has 5 heteroatoms. The normalized spacial score (nSPS) is 20.2. The molecule has 0 spiro atoms. The lowest BCUT2D eigenvalue weighted by Crippen LogP contribution is -2.28. The van der Waals surface area contributed by atoms with Gasteiger partial charge in [-0.05, 0) is 18.2 Å². The van der Waals surface area contributed by atoms with E-state index in [0.29, 0.717) is 18.7 Å². The first kappa shape index (κ1) is 10.6. The standard InChI is InChI=1S/C11H12N2O3/c12-8-5-10(14)13(6-8)9-3-1-2-7(4-9)11(15)16/h1-4,8H,5-6,12H2,(H,15,16). The second-order valence-electron chi connectivity index (χ2n) is 3.82. The minimum Gasteiger partial charge on any atom is -0.478 e. The van der Waals surface area contributed by atoms with Crippen molar-refractivity contribution in [3.8, 4) is 0 Å². The van der Waals surface area contributed by atoms with Crippen molar-refractivity contribution < 1.29 is 14.7 Å². The van der Waals surface area contributed by atoms with Crippen molar-refractivity contribution in [2.24, 2.45) is 5.73 Å². The fourth-order valence-electron chi connectivity index (χ4n) is 1.79. The summed E-state index contributed by atoms with van der Waals surface area (Å²) in [5.74, 6) is -1.06. The Morgan fingerprint density at radius 2 is 2.25 bits per heavy atom. The van der Waals surface area contributed by atoms with Crippen LogP contribution in [0.25, 0.3) is 0 Å². The highest BCUT2D eigenvalue weighted by molar-refractivity contribution is 5.97. The van der Waals surface area contributed by atoms with Crippen LogP contribution >= 0.6 is 0 Å². The quantitative estimate of drug-likeness (QED) is 0.757. The number of carbonyl (C=O) groups excluding carboxylic acids is 1. The third-order valence-corrected chi connectivity index (χ3v) is 2.56. The number of anilines is 1. The first-order valence-corrected chi connectivity index (χ1v) is 4.97. The average Bonchev–Trinajstić information content (AvgIpc) is 2.58. The lowest BCUT2D eigenvalue weighted by molar-refractivity contribution is -0.117. The van der Waals surface area contributed by atoms with E-state index in [1.54, 1.807) is 12.1 Å². The van der Waals surface area contributed by atoms with Gasteiger partial charge in [-0.1, -0.05) is 6.07 Å². The van der Waals surface area contributed by atoms with E-state index in [1.165, 1.54) is 17.0 Å². The summed E-state index contributed by atoms with van der Waals surface area (Å²) in [6.07, 6.45) is 0.317. The van der Waals surface area contributed by atoms with Crippen LogP contribution in [-0.4, -0.2) is 29.6 Å². The van der Waals surface area contributed by atoms with Crippen molar-refractivity contribution in [2.75, 3.05) is 11.4 Å². The molecule has 0 bridgehead atoms. The summed E-state index contributed by atoms with van der Waals surface area (Å²) >= 11 is 0. The largest absolute Gasteiger partial charge is 0.478 e. The van der Waals surface area contributed by atoms with Crippen molar-refractivity contribution in [1.82, 2.24) is 0 Å². The molecule has 1 aliphatic rings. The molecule has 1 amide bonds. The van der Waals surface area contributed by atoms with E-state index in [9.17, 15) is 9.59 Å². The minimum absolute atomic E-state index is 0.0601. The molecule has 1 fully saturated rings. The molecule has 2 rings (SSSR count). The van der Waals surface area contributed by atoms with Gasteiger partial charge in [0.15, 0.2) is 0 Å². The van der Waals surface area contributed by atoms with Crippen molar-refractivity contribution in [3.05, 3.63) is 29.8 Å². The van der Waals surface area contributed by atoms with Crippen LogP contribution in [0, 0.1) is 0 Å². The van der Waals surface area contributed by atoms with Gasteiger partial charge < -0.3 is 15.7 Å². The number of rotatable bonds is 2. The first-order chi connectivity index (χ1) is 7.58. The number of carboxylic acid groups (broad SMARTS) is 1. The molecular formula is C11H12N2O3. The molecule has 0 radical (unpaired) electrons. The number of benzene rings is 1. The van der Waals surface area contributed by atoms with Gasteiger partial charge in [0, 0.05) is 24.7 Å². The lowest BCUT2D eigenvalue weighted by Gasteiger charge is -2.16. The molecule has 84 valence electrons. The van der Waals surface area contributed by atoms with E-state index in [1.807, 2.05) is 0 Å². The number of amides is 1.